The minimum atomic E-state index is -1.24. The summed E-state index contributed by atoms with van der Waals surface area (Å²) < 4.78 is 34.6. The van der Waals surface area contributed by atoms with E-state index in [-0.39, 0.29) is 28.4 Å². The number of halogens is 3. The maximum atomic E-state index is 15.2. The Morgan fingerprint density at radius 2 is 1.92 bits per heavy atom. The van der Waals surface area contributed by atoms with Gasteiger partial charge in [-0.2, -0.15) is 5.10 Å². The van der Waals surface area contributed by atoms with Gasteiger partial charge in [0, 0.05) is 37.7 Å². The van der Waals surface area contributed by atoms with Crippen molar-refractivity contribution in [2.75, 3.05) is 38.8 Å². The van der Waals surface area contributed by atoms with Crippen molar-refractivity contribution in [1.29, 1.82) is 0 Å². The number of methoxy groups -OCH3 is 1. The van der Waals surface area contributed by atoms with E-state index in [0.29, 0.717) is 37.3 Å². The van der Waals surface area contributed by atoms with Crippen LogP contribution in [0.1, 0.15) is 38.7 Å². The summed E-state index contributed by atoms with van der Waals surface area (Å²) in [6.07, 6.45) is 2.41. The number of likely N-dealkylation sites (N-methyl/N-ethyl adjacent to an activating group) is 1. The minimum Gasteiger partial charge on any atom is -0.374 e. The first kappa shape index (κ1) is 26.5. The number of hydrogen-bond donors (Lipinski definition) is 1. The second-order valence-electron chi connectivity index (χ2n) is 9.98. The zero-order valence-electron chi connectivity index (χ0n) is 21.2. The van der Waals surface area contributed by atoms with E-state index in [0.717, 1.165) is 12.8 Å². The van der Waals surface area contributed by atoms with Crippen LogP contribution in [0.2, 0.25) is 5.02 Å². The molecule has 2 aliphatic heterocycles. The summed E-state index contributed by atoms with van der Waals surface area (Å²) >= 11 is 6.02. The molecule has 2 aliphatic rings. The van der Waals surface area contributed by atoms with E-state index in [1.165, 1.54) is 29.3 Å². The molecule has 0 saturated carbocycles. The lowest BCUT2D eigenvalue weighted by Crippen LogP contribution is -2.68. The van der Waals surface area contributed by atoms with E-state index in [1.807, 2.05) is 7.05 Å². The summed E-state index contributed by atoms with van der Waals surface area (Å²) in [7, 11) is 3.64. The summed E-state index contributed by atoms with van der Waals surface area (Å²) in [6, 6.07) is 10.4. The van der Waals surface area contributed by atoms with Gasteiger partial charge in [-0.25, -0.2) is 13.8 Å². The van der Waals surface area contributed by atoms with Gasteiger partial charge in [0.05, 0.1) is 11.4 Å². The molecule has 2 unspecified atom stereocenters. The smallest absolute Gasteiger partial charge is 0.248 e. The molecule has 2 atom stereocenters. The zero-order chi connectivity index (χ0) is 26.1. The third kappa shape index (κ3) is 4.86. The first-order chi connectivity index (χ1) is 17.1. The highest BCUT2D eigenvalue weighted by Crippen LogP contribution is 2.43. The van der Waals surface area contributed by atoms with Crippen molar-refractivity contribution in [3.8, 4) is 0 Å². The number of amides is 1. The Balaban J connectivity index is 1.76. The van der Waals surface area contributed by atoms with Crippen LogP contribution in [0.3, 0.4) is 0 Å². The Labute approximate surface area is 216 Å². The molecule has 4 rings (SSSR count). The molecule has 2 heterocycles. The number of rotatable bonds is 9. The molecule has 0 aliphatic carbocycles. The van der Waals surface area contributed by atoms with Gasteiger partial charge < -0.3 is 15.0 Å². The lowest BCUT2D eigenvalue weighted by Gasteiger charge is -2.48. The molecule has 0 radical (unpaired) electrons. The molecule has 1 fully saturated rings. The largest absolute Gasteiger partial charge is 0.374 e. The Kier molecular flexibility index (Phi) is 7.69. The predicted octanol–water partition coefficient (Wildman–Crippen LogP) is 4.85. The standard InChI is InChI=1S/C27H33ClF2N4O2/c1-5-6-7-21-24(18-8-11-20(29)12-9-18)32-34(23-13-10-19(28)14-22(23)30)26(21,2)25(35)31-15-27(36-4)16-33(3)17-27/h8-14,21H,5-7,15-17H2,1-4H3,(H,31,35). The van der Waals surface area contributed by atoms with Gasteiger partial charge in [0.1, 0.15) is 22.8 Å². The minimum absolute atomic E-state index is 0.153. The van der Waals surface area contributed by atoms with Crippen molar-refractivity contribution in [3.63, 3.8) is 0 Å². The number of anilines is 1. The highest BCUT2D eigenvalue weighted by Gasteiger charge is 2.54. The van der Waals surface area contributed by atoms with Gasteiger partial charge in [0.2, 0.25) is 5.91 Å². The van der Waals surface area contributed by atoms with Crippen LogP contribution >= 0.6 is 11.6 Å². The highest BCUT2D eigenvalue weighted by atomic mass is 35.5. The number of carbonyl (C=O) groups is 1. The van der Waals surface area contributed by atoms with E-state index in [1.54, 1.807) is 32.2 Å². The Hall–Kier alpha value is -2.55. The summed E-state index contributed by atoms with van der Waals surface area (Å²) in [5, 5.41) is 9.62. The van der Waals surface area contributed by atoms with E-state index >= 15 is 4.39 Å². The maximum absolute atomic E-state index is 15.2. The van der Waals surface area contributed by atoms with Crippen molar-refractivity contribution < 1.29 is 18.3 Å². The van der Waals surface area contributed by atoms with Gasteiger partial charge in [-0.05, 0) is 56.3 Å². The van der Waals surface area contributed by atoms with Crippen LogP contribution in [0.15, 0.2) is 47.6 Å². The summed E-state index contributed by atoms with van der Waals surface area (Å²) in [5.74, 6) is -1.57. The fraction of sp³-hybridized carbons (Fsp3) is 0.481. The molecule has 1 amide bonds. The number of benzene rings is 2. The fourth-order valence-corrected chi connectivity index (χ4v) is 5.44. The molecule has 0 bridgehead atoms. The molecular weight excluding hydrogens is 486 g/mol. The highest BCUT2D eigenvalue weighted by molar-refractivity contribution is 6.30. The van der Waals surface area contributed by atoms with Crippen LogP contribution in [0.25, 0.3) is 0 Å². The van der Waals surface area contributed by atoms with Crippen molar-refractivity contribution in [2.24, 2.45) is 11.0 Å². The summed E-state index contributed by atoms with van der Waals surface area (Å²) in [4.78, 5) is 16.1. The first-order valence-corrected chi connectivity index (χ1v) is 12.6. The average Bonchev–Trinajstić information content (AvgIpc) is 3.13. The molecule has 6 nitrogen and oxygen atoms in total. The lowest BCUT2D eigenvalue weighted by atomic mass is 9.76. The Morgan fingerprint density at radius 3 is 2.50 bits per heavy atom. The van der Waals surface area contributed by atoms with Crippen molar-refractivity contribution in [3.05, 3.63) is 64.7 Å². The number of hydrazone groups is 1. The molecule has 0 aromatic heterocycles. The predicted molar refractivity (Wildman–Crippen MR) is 138 cm³/mol. The topological polar surface area (TPSA) is 57.2 Å². The van der Waals surface area contributed by atoms with Crippen LogP contribution in [0.4, 0.5) is 14.5 Å². The fourth-order valence-electron chi connectivity index (χ4n) is 5.28. The lowest BCUT2D eigenvalue weighted by molar-refractivity contribution is -0.135. The average molecular weight is 519 g/mol. The van der Waals surface area contributed by atoms with E-state index in [2.05, 4.69) is 17.1 Å². The Bertz CT molecular complexity index is 1140. The number of carbonyl (C=O) groups excluding carboxylic acids is 1. The second kappa shape index (κ2) is 10.4. The molecule has 1 N–H and O–H groups in total. The molecule has 1 saturated heterocycles. The number of hydrogen-bond acceptors (Lipinski definition) is 5. The Morgan fingerprint density at radius 1 is 1.22 bits per heavy atom. The number of unbranched alkanes of at least 4 members (excludes halogenated alkanes) is 1. The zero-order valence-corrected chi connectivity index (χ0v) is 21.9. The van der Waals surface area contributed by atoms with Gasteiger partial charge >= 0.3 is 0 Å². The van der Waals surface area contributed by atoms with Crippen LogP contribution in [-0.2, 0) is 9.53 Å². The number of nitrogens with zero attached hydrogens (tertiary/aromatic N) is 3. The van der Waals surface area contributed by atoms with Gasteiger partial charge in [-0.3, -0.25) is 4.79 Å². The molecule has 36 heavy (non-hydrogen) atoms. The van der Waals surface area contributed by atoms with Crippen molar-refractivity contribution in [1.82, 2.24) is 10.2 Å². The van der Waals surface area contributed by atoms with Gasteiger partial charge in [0.15, 0.2) is 0 Å². The normalized spacial score (nSPS) is 23.4. The molecule has 2 aromatic carbocycles. The molecule has 9 heteroatoms. The third-order valence-corrected chi connectivity index (χ3v) is 7.60. The molecule has 2 aromatic rings. The van der Waals surface area contributed by atoms with Crippen molar-refractivity contribution in [2.45, 2.75) is 44.2 Å². The van der Waals surface area contributed by atoms with E-state index in [9.17, 15) is 9.18 Å². The quantitative estimate of drug-likeness (QED) is 0.515. The van der Waals surface area contributed by atoms with Gasteiger partial charge in [-0.1, -0.05) is 43.5 Å². The number of likely N-dealkylation sites (tertiary alicyclic amines) is 1. The molecule has 0 spiro atoms. The summed E-state index contributed by atoms with van der Waals surface area (Å²) in [5.41, 5.74) is -0.226. The van der Waals surface area contributed by atoms with Gasteiger partial charge in [0.25, 0.3) is 0 Å². The number of ether oxygens (including phenoxy) is 1. The van der Waals surface area contributed by atoms with E-state index < -0.39 is 17.0 Å². The monoisotopic (exact) mass is 518 g/mol. The van der Waals surface area contributed by atoms with Crippen LogP contribution in [0, 0.1) is 17.6 Å². The van der Waals surface area contributed by atoms with Crippen molar-refractivity contribution >= 4 is 28.9 Å². The number of nitrogens with one attached hydrogen (secondary N) is 1. The third-order valence-electron chi connectivity index (χ3n) is 7.36. The first-order valence-electron chi connectivity index (χ1n) is 12.3. The molecule has 194 valence electrons. The summed E-state index contributed by atoms with van der Waals surface area (Å²) in [6.45, 7) is 5.60. The van der Waals surface area contributed by atoms with Crippen LogP contribution < -0.4 is 10.3 Å². The SMILES string of the molecule is CCCCC1C(c2ccc(F)cc2)=NN(c2ccc(Cl)cc2F)C1(C)C(=O)NCC1(OC)CN(C)C1. The van der Waals surface area contributed by atoms with Crippen LogP contribution in [0.5, 0.6) is 0 Å². The molecular formula is C27H33ClF2N4O2. The maximum Gasteiger partial charge on any atom is 0.248 e. The van der Waals surface area contributed by atoms with Crippen LogP contribution in [-0.4, -0.2) is 61.5 Å². The van der Waals surface area contributed by atoms with E-state index in [4.69, 9.17) is 21.4 Å². The van der Waals surface area contributed by atoms with Gasteiger partial charge in [-0.15, -0.1) is 0 Å². The second-order valence-corrected chi connectivity index (χ2v) is 10.4.